The van der Waals surface area contributed by atoms with Gasteiger partial charge in [-0.2, -0.15) is 0 Å². The van der Waals surface area contributed by atoms with Crippen molar-refractivity contribution < 1.29 is 9.59 Å². The monoisotopic (exact) mass is 289 g/mol. The lowest BCUT2D eigenvalue weighted by atomic mass is 10.3. The zero-order chi connectivity index (χ0) is 11.3. The van der Waals surface area contributed by atoms with Gasteiger partial charge in [0.05, 0.1) is 0 Å². The Morgan fingerprint density at radius 3 is 2.33 bits per heavy atom. The van der Waals surface area contributed by atoms with Crippen LogP contribution in [0.15, 0.2) is 28.7 Å². The van der Waals surface area contributed by atoms with Crippen molar-refractivity contribution in [1.29, 1.82) is 0 Å². The number of halogens is 2. The lowest BCUT2D eigenvalue weighted by Crippen LogP contribution is -2.11. The smallest absolute Gasteiger partial charge is 0.224 e. The Balaban J connectivity index is 2.44. The minimum absolute atomic E-state index is 0.0594. The Kier molecular flexibility index (Phi) is 4.78. The standard InChI is InChI=1S/C10H9BrClNO2/c11-7-1-3-8(4-2-7)13-10(15)6-5-9(12)14/h1-4H,5-6H2,(H,13,15). The van der Waals surface area contributed by atoms with Crippen LogP contribution in [0.4, 0.5) is 5.69 Å². The highest BCUT2D eigenvalue weighted by molar-refractivity contribution is 9.10. The molecule has 0 aliphatic heterocycles. The summed E-state index contributed by atoms with van der Waals surface area (Å²) in [5, 5.41) is 2.15. The molecule has 0 atom stereocenters. The molecule has 0 bridgehead atoms. The molecule has 0 unspecified atom stereocenters. The van der Waals surface area contributed by atoms with Crippen LogP contribution in [0.3, 0.4) is 0 Å². The summed E-state index contributed by atoms with van der Waals surface area (Å²) < 4.78 is 0.941. The number of anilines is 1. The Hall–Kier alpha value is -0.870. The van der Waals surface area contributed by atoms with E-state index in [1.54, 1.807) is 12.1 Å². The summed E-state index contributed by atoms with van der Waals surface area (Å²) in [6, 6.07) is 7.18. The molecule has 0 radical (unpaired) electrons. The summed E-state index contributed by atoms with van der Waals surface area (Å²) in [5.41, 5.74) is 0.699. The molecule has 1 aromatic carbocycles. The van der Waals surface area contributed by atoms with Crippen molar-refractivity contribution in [2.45, 2.75) is 12.8 Å². The van der Waals surface area contributed by atoms with E-state index in [2.05, 4.69) is 21.2 Å². The van der Waals surface area contributed by atoms with Crippen LogP contribution in [0.1, 0.15) is 12.8 Å². The van der Waals surface area contributed by atoms with Gasteiger partial charge in [-0.3, -0.25) is 9.59 Å². The molecule has 0 spiro atoms. The number of carbonyl (C=O) groups excluding carboxylic acids is 2. The van der Waals surface area contributed by atoms with E-state index in [-0.39, 0.29) is 18.7 Å². The van der Waals surface area contributed by atoms with Crippen LogP contribution in [0.5, 0.6) is 0 Å². The second-order valence-electron chi connectivity index (χ2n) is 2.91. The lowest BCUT2D eigenvalue weighted by Gasteiger charge is -2.03. The molecule has 80 valence electrons. The molecule has 5 heteroatoms. The molecule has 0 saturated heterocycles. The van der Waals surface area contributed by atoms with E-state index < -0.39 is 5.24 Å². The molecule has 1 aromatic rings. The number of hydrogen-bond donors (Lipinski definition) is 1. The van der Waals surface area contributed by atoms with Crippen LogP contribution in [-0.4, -0.2) is 11.1 Å². The molecule has 0 heterocycles. The molecule has 1 rings (SSSR count). The van der Waals surface area contributed by atoms with Gasteiger partial charge in [0.1, 0.15) is 0 Å². The third kappa shape index (κ3) is 4.95. The Morgan fingerprint density at radius 1 is 1.20 bits per heavy atom. The van der Waals surface area contributed by atoms with E-state index in [0.717, 1.165) is 4.47 Å². The third-order valence-electron chi connectivity index (χ3n) is 1.68. The van der Waals surface area contributed by atoms with Gasteiger partial charge in [0, 0.05) is 23.0 Å². The lowest BCUT2D eigenvalue weighted by molar-refractivity contribution is -0.119. The number of hydrogen-bond acceptors (Lipinski definition) is 2. The Morgan fingerprint density at radius 2 is 1.80 bits per heavy atom. The second-order valence-corrected chi connectivity index (χ2v) is 4.25. The molecule has 0 aliphatic rings. The fourth-order valence-electron chi connectivity index (χ4n) is 0.969. The molecule has 0 fully saturated rings. The van der Waals surface area contributed by atoms with Crippen molar-refractivity contribution in [3.8, 4) is 0 Å². The van der Waals surface area contributed by atoms with Crippen LogP contribution >= 0.6 is 27.5 Å². The summed E-state index contributed by atoms with van der Waals surface area (Å²) in [6.07, 6.45) is 0.169. The topological polar surface area (TPSA) is 46.2 Å². The molecular weight excluding hydrogens is 281 g/mol. The maximum Gasteiger partial charge on any atom is 0.224 e. The van der Waals surface area contributed by atoms with Gasteiger partial charge in [-0.25, -0.2) is 0 Å². The van der Waals surface area contributed by atoms with Crippen molar-refractivity contribution in [3.63, 3.8) is 0 Å². The molecule has 0 aromatic heterocycles. The van der Waals surface area contributed by atoms with Gasteiger partial charge < -0.3 is 5.32 Å². The highest BCUT2D eigenvalue weighted by atomic mass is 79.9. The van der Waals surface area contributed by atoms with Crippen molar-refractivity contribution in [1.82, 2.24) is 0 Å². The molecule has 0 aliphatic carbocycles. The van der Waals surface area contributed by atoms with Gasteiger partial charge in [0.2, 0.25) is 11.1 Å². The van der Waals surface area contributed by atoms with Crippen molar-refractivity contribution in [2.75, 3.05) is 5.32 Å². The number of benzene rings is 1. The first-order valence-corrected chi connectivity index (χ1v) is 5.49. The summed E-state index contributed by atoms with van der Waals surface area (Å²) in [4.78, 5) is 21.7. The number of nitrogens with one attached hydrogen (secondary N) is 1. The summed E-state index contributed by atoms with van der Waals surface area (Å²) >= 11 is 8.41. The van der Waals surface area contributed by atoms with Crippen LogP contribution in [0, 0.1) is 0 Å². The summed E-state index contributed by atoms with van der Waals surface area (Å²) in [6.45, 7) is 0. The van der Waals surface area contributed by atoms with Gasteiger partial charge in [-0.05, 0) is 35.9 Å². The molecule has 15 heavy (non-hydrogen) atoms. The van der Waals surface area contributed by atoms with E-state index in [1.807, 2.05) is 12.1 Å². The van der Waals surface area contributed by atoms with Crippen molar-refractivity contribution in [2.24, 2.45) is 0 Å². The minimum atomic E-state index is -0.499. The maximum atomic E-state index is 11.3. The average Bonchev–Trinajstić information content (AvgIpc) is 2.19. The zero-order valence-corrected chi connectivity index (χ0v) is 10.1. The Bertz CT molecular complexity index is 364. The quantitative estimate of drug-likeness (QED) is 0.867. The van der Waals surface area contributed by atoms with Crippen LogP contribution < -0.4 is 5.32 Å². The van der Waals surface area contributed by atoms with Crippen LogP contribution in [0.2, 0.25) is 0 Å². The largest absolute Gasteiger partial charge is 0.326 e. The van der Waals surface area contributed by atoms with E-state index >= 15 is 0 Å². The number of amides is 1. The van der Waals surface area contributed by atoms with Gasteiger partial charge >= 0.3 is 0 Å². The molecular formula is C10H9BrClNO2. The normalized spacial score (nSPS) is 9.73. The number of rotatable bonds is 4. The maximum absolute atomic E-state index is 11.3. The predicted octanol–water partition coefficient (Wildman–Crippen LogP) is 2.93. The van der Waals surface area contributed by atoms with Crippen molar-refractivity contribution >= 4 is 44.4 Å². The van der Waals surface area contributed by atoms with E-state index in [9.17, 15) is 9.59 Å². The predicted molar refractivity (Wildman–Crippen MR) is 62.9 cm³/mol. The fourth-order valence-corrected chi connectivity index (χ4v) is 1.33. The van der Waals surface area contributed by atoms with Gasteiger partial charge in [-0.15, -0.1) is 0 Å². The molecule has 0 saturated carbocycles. The first-order valence-electron chi connectivity index (χ1n) is 4.31. The fraction of sp³-hybridized carbons (Fsp3) is 0.200. The van der Waals surface area contributed by atoms with Gasteiger partial charge in [0.25, 0.3) is 0 Å². The van der Waals surface area contributed by atoms with Gasteiger partial charge in [-0.1, -0.05) is 15.9 Å². The highest BCUT2D eigenvalue weighted by Crippen LogP contribution is 2.14. The molecule has 1 amide bonds. The minimum Gasteiger partial charge on any atom is -0.326 e. The SMILES string of the molecule is O=C(Cl)CCC(=O)Nc1ccc(Br)cc1. The van der Waals surface area contributed by atoms with Crippen LogP contribution in [-0.2, 0) is 9.59 Å². The zero-order valence-electron chi connectivity index (χ0n) is 7.80. The second kappa shape index (κ2) is 5.88. The molecule has 3 nitrogen and oxygen atoms in total. The average molecular weight is 291 g/mol. The summed E-state index contributed by atoms with van der Waals surface area (Å²) in [7, 11) is 0. The summed E-state index contributed by atoms with van der Waals surface area (Å²) in [5.74, 6) is -0.216. The van der Waals surface area contributed by atoms with E-state index in [4.69, 9.17) is 11.6 Å². The first-order chi connectivity index (χ1) is 7.08. The highest BCUT2D eigenvalue weighted by Gasteiger charge is 2.04. The van der Waals surface area contributed by atoms with Gasteiger partial charge in [0.15, 0.2) is 0 Å². The third-order valence-corrected chi connectivity index (χ3v) is 2.39. The van der Waals surface area contributed by atoms with E-state index in [1.165, 1.54) is 0 Å². The van der Waals surface area contributed by atoms with E-state index in [0.29, 0.717) is 5.69 Å². The number of carbonyl (C=O) groups is 2. The Labute approximate surface area is 101 Å². The molecule has 1 N–H and O–H groups in total. The first kappa shape index (κ1) is 12.2. The van der Waals surface area contributed by atoms with Crippen LogP contribution in [0.25, 0.3) is 0 Å². The van der Waals surface area contributed by atoms with Crippen molar-refractivity contribution in [3.05, 3.63) is 28.7 Å².